The summed E-state index contributed by atoms with van der Waals surface area (Å²) in [5, 5.41) is 4.22. The molecule has 0 aliphatic carbocycles. The van der Waals surface area contributed by atoms with Gasteiger partial charge in [-0.25, -0.2) is 0 Å². The predicted octanol–water partition coefficient (Wildman–Crippen LogP) is 4.58. The molecular formula is C14H20N2O2SSi. The number of nitrogens with zero attached hydrogens (tertiary/aromatic N) is 2. The highest BCUT2D eigenvalue weighted by atomic mass is 32.1. The Morgan fingerprint density at radius 3 is 2.25 bits per heavy atom. The summed E-state index contributed by atoms with van der Waals surface area (Å²) in [6.07, 6.45) is 1.34. The van der Waals surface area contributed by atoms with Crippen LogP contribution in [0.3, 0.4) is 0 Å². The zero-order chi connectivity index (χ0) is 15.0. The molecule has 2 aromatic rings. The van der Waals surface area contributed by atoms with Gasteiger partial charge in [-0.3, -0.25) is 0 Å². The van der Waals surface area contributed by atoms with E-state index in [0.29, 0.717) is 4.84 Å². The van der Waals surface area contributed by atoms with Crippen molar-refractivity contribution < 1.29 is 8.84 Å². The van der Waals surface area contributed by atoms with Crippen molar-refractivity contribution in [1.82, 2.24) is 9.78 Å². The van der Waals surface area contributed by atoms with Crippen LogP contribution in [0.1, 0.15) is 20.8 Å². The highest BCUT2D eigenvalue weighted by Crippen LogP contribution is 2.37. The molecular weight excluding hydrogens is 288 g/mol. The van der Waals surface area contributed by atoms with Crippen LogP contribution in [0.4, 0.5) is 0 Å². The van der Waals surface area contributed by atoms with E-state index in [9.17, 15) is 0 Å². The van der Waals surface area contributed by atoms with Crippen LogP contribution in [0.2, 0.25) is 18.1 Å². The van der Waals surface area contributed by atoms with Crippen LogP contribution in [-0.2, 0) is 0 Å². The molecule has 1 heterocycles. The van der Waals surface area contributed by atoms with Gasteiger partial charge in [-0.2, -0.15) is 4.68 Å². The van der Waals surface area contributed by atoms with Gasteiger partial charge >= 0.3 is 0 Å². The van der Waals surface area contributed by atoms with E-state index >= 15 is 0 Å². The van der Waals surface area contributed by atoms with E-state index in [1.165, 1.54) is 6.39 Å². The molecule has 4 nitrogen and oxygen atoms in total. The maximum atomic E-state index is 6.23. The largest absolute Gasteiger partial charge is 0.544 e. The highest BCUT2D eigenvalue weighted by molar-refractivity contribution is 7.71. The van der Waals surface area contributed by atoms with Crippen molar-refractivity contribution in [2.75, 3.05) is 0 Å². The van der Waals surface area contributed by atoms with Crippen LogP contribution < -0.4 is 4.43 Å². The molecule has 0 amide bonds. The Kier molecular flexibility index (Phi) is 3.88. The molecule has 0 saturated carbocycles. The molecule has 6 heteroatoms. The second kappa shape index (κ2) is 5.18. The lowest BCUT2D eigenvalue weighted by molar-refractivity contribution is 0.492. The van der Waals surface area contributed by atoms with Gasteiger partial charge in [-0.05, 0) is 54.6 Å². The molecule has 0 atom stereocenters. The number of aromatic nitrogens is 2. The molecule has 20 heavy (non-hydrogen) atoms. The summed E-state index contributed by atoms with van der Waals surface area (Å²) in [5.41, 5.74) is 0.867. The van der Waals surface area contributed by atoms with Crippen LogP contribution in [0.15, 0.2) is 35.1 Å². The average Bonchev–Trinajstić information content (AvgIpc) is 2.74. The van der Waals surface area contributed by atoms with Gasteiger partial charge in [0.1, 0.15) is 5.75 Å². The van der Waals surface area contributed by atoms with Crippen molar-refractivity contribution >= 4 is 20.5 Å². The second-order valence-electron chi connectivity index (χ2n) is 6.27. The minimum absolute atomic E-state index is 0.181. The molecule has 0 N–H and O–H groups in total. The normalized spacial score (nSPS) is 12.4. The maximum absolute atomic E-state index is 6.23. The van der Waals surface area contributed by atoms with Gasteiger partial charge in [0.25, 0.3) is 4.84 Å². The molecule has 108 valence electrons. The van der Waals surface area contributed by atoms with Crippen molar-refractivity contribution in [3.05, 3.63) is 35.5 Å². The first-order valence-corrected chi connectivity index (χ1v) is 9.85. The van der Waals surface area contributed by atoms with Gasteiger partial charge in [0.15, 0.2) is 0 Å². The zero-order valence-corrected chi connectivity index (χ0v) is 14.3. The van der Waals surface area contributed by atoms with E-state index in [0.717, 1.165) is 11.4 Å². The summed E-state index contributed by atoms with van der Waals surface area (Å²) >= 11 is 5.05. The molecule has 0 radical (unpaired) electrons. The summed E-state index contributed by atoms with van der Waals surface area (Å²) in [7, 11) is -1.80. The molecule has 1 aromatic carbocycles. The molecule has 0 saturated heterocycles. The van der Waals surface area contributed by atoms with E-state index in [1.54, 1.807) is 4.68 Å². The van der Waals surface area contributed by atoms with Crippen LogP contribution in [0.5, 0.6) is 5.75 Å². The summed E-state index contributed by atoms with van der Waals surface area (Å²) < 4.78 is 12.8. The topological polar surface area (TPSA) is 40.2 Å². The Bertz CT molecular complexity index is 638. The first kappa shape index (κ1) is 15.0. The molecule has 1 aromatic heterocycles. The van der Waals surface area contributed by atoms with Crippen molar-refractivity contribution in [1.29, 1.82) is 0 Å². The van der Waals surface area contributed by atoms with Crippen molar-refractivity contribution in [3.63, 3.8) is 0 Å². The average molecular weight is 308 g/mol. The van der Waals surface area contributed by atoms with Gasteiger partial charge in [0.2, 0.25) is 14.7 Å². The third kappa shape index (κ3) is 3.01. The molecule has 0 fully saturated rings. The quantitative estimate of drug-likeness (QED) is 0.615. The summed E-state index contributed by atoms with van der Waals surface area (Å²) in [4.78, 5) is 0.336. The van der Waals surface area contributed by atoms with E-state index < -0.39 is 8.32 Å². The van der Waals surface area contributed by atoms with Gasteiger partial charge in [0.05, 0.1) is 5.69 Å². The number of hydrogen-bond donors (Lipinski definition) is 0. The Hall–Kier alpha value is -1.40. The van der Waals surface area contributed by atoms with Crippen molar-refractivity contribution in [2.45, 2.75) is 38.9 Å². The number of benzene rings is 1. The van der Waals surface area contributed by atoms with Crippen LogP contribution in [0.25, 0.3) is 5.69 Å². The van der Waals surface area contributed by atoms with Gasteiger partial charge in [-0.15, -0.1) is 5.10 Å². The minimum atomic E-state index is -1.80. The van der Waals surface area contributed by atoms with Gasteiger partial charge in [-0.1, -0.05) is 20.8 Å². The van der Waals surface area contributed by atoms with Gasteiger partial charge in [0, 0.05) is 0 Å². The van der Waals surface area contributed by atoms with Crippen molar-refractivity contribution in [3.8, 4) is 11.4 Å². The van der Waals surface area contributed by atoms with E-state index in [4.69, 9.17) is 21.1 Å². The number of hydrogen-bond acceptors (Lipinski definition) is 4. The van der Waals surface area contributed by atoms with Crippen LogP contribution in [-0.4, -0.2) is 18.1 Å². The minimum Gasteiger partial charge on any atom is -0.544 e. The third-order valence-electron chi connectivity index (χ3n) is 3.75. The van der Waals surface area contributed by atoms with Gasteiger partial charge < -0.3 is 8.84 Å². The first-order valence-electron chi connectivity index (χ1n) is 6.53. The Morgan fingerprint density at radius 1 is 1.20 bits per heavy atom. The molecule has 0 spiro atoms. The fraction of sp³-hybridized carbons (Fsp3) is 0.429. The molecule has 2 rings (SSSR count). The first-order chi connectivity index (χ1) is 9.21. The van der Waals surface area contributed by atoms with E-state index in [2.05, 4.69) is 39.0 Å². The molecule has 0 aliphatic heterocycles. The summed E-state index contributed by atoms with van der Waals surface area (Å²) in [5.74, 6) is 0.885. The fourth-order valence-electron chi connectivity index (χ4n) is 1.49. The fourth-order valence-corrected chi connectivity index (χ4v) is 2.72. The van der Waals surface area contributed by atoms with E-state index in [1.807, 2.05) is 24.3 Å². The molecule has 0 unspecified atom stereocenters. The molecule has 0 bridgehead atoms. The molecule has 0 aliphatic rings. The highest BCUT2D eigenvalue weighted by Gasteiger charge is 2.38. The Balaban J connectivity index is 2.22. The van der Waals surface area contributed by atoms with Crippen LogP contribution in [0, 0.1) is 4.84 Å². The van der Waals surface area contributed by atoms with E-state index in [-0.39, 0.29) is 5.04 Å². The third-order valence-corrected chi connectivity index (χ3v) is 8.38. The SMILES string of the molecule is CC(C)(C)[Si](C)(C)Oc1ccc(-n2ncoc2=S)cc1. The lowest BCUT2D eigenvalue weighted by atomic mass is 10.2. The maximum Gasteiger partial charge on any atom is 0.291 e. The zero-order valence-electron chi connectivity index (χ0n) is 12.5. The summed E-state index contributed by atoms with van der Waals surface area (Å²) in [6, 6.07) is 7.76. The standard InChI is InChI=1S/C14H20N2O2SSi/c1-14(2,3)20(4,5)18-12-8-6-11(7-9-12)16-13(19)17-10-15-16/h6-10H,1-5H3. The Morgan fingerprint density at radius 2 is 1.80 bits per heavy atom. The predicted molar refractivity (Wildman–Crippen MR) is 84.5 cm³/mol. The second-order valence-corrected chi connectivity index (χ2v) is 11.3. The number of rotatable bonds is 3. The van der Waals surface area contributed by atoms with Crippen LogP contribution >= 0.6 is 12.2 Å². The lowest BCUT2D eigenvalue weighted by Gasteiger charge is -2.36. The Labute approximate surface area is 125 Å². The monoisotopic (exact) mass is 308 g/mol. The lowest BCUT2D eigenvalue weighted by Crippen LogP contribution is -2.43. The van der Waals surface area contributed by atoms with Crippen molar-refractivity contribution in [2.24, 2.45) is 0 Å². The smallest absolute Gasteiger partial charge is 0.291 e. The summed E-state index contributed by atoms with van der Waals surface area (Å²) in [6.45, 7) is 11.1.